The summed E-state index contributed by atoms with van der Waals surface area (Å²) in [5, 5.41) is 6.46. The molecule has 0 aliphatic carbocycles. The summed E-state index contributed by atoms with van der Waals surface area (Å²) in [6.45, 7) is 1.30. The smallest absolute Gasteiger partial charge is 0.257 e. The molecule has 0 saturated carbocycles. The molecule has 3 rings (SSSR count). The summed E-state index contributed by atoms with van der Waals surface area (Å²) < 4.78 is 0. The van der Waals surface area contributed by atoms with Gasteiger partial charge in [0, 0.05) is 25.0 Å². The number of nitrogens with one attached hydrogen (secondary N) is 1. The van der Waals surface area contributed by atoms with Crippen LogP contribution < -0.4 is 5.73 Å². The zero-order valence-corrected chi connectivity index (χ0v) is 9.89. The summed E-state index contributed by atoms with van der Waals surface area (Å²) in [7, 11) is 0. The minimum absolute atomic E-state index is 0.00217. The van der Waals surface area contributed by atoms with Crippen molar-refractivity contribution in [3.8, 4) is 0 Å². The van der Waals surface area contributed by atoms with Gasteiger partial charge in [-0.3, -0.25) is 9.89 Å². The summed E-state index contributed by atoms with van der Waals surface area (Å²) in [5.41, 5.74) is 9.63. The third-order valence-electron chi connectivity index (χ3n) is 3.34. The van der Waals surface area contributed by atoms with Crippen molar-refractivity contribution in [3.05, 3.63) is 47.3 Å². The molecule has 1 aliphatic rings. The van der Waals surface area contributed by atoms with Crippen molar-refractivity contribution >= 4 is 11.6 Å². The van der Waals surface area contributed by atoms with Crippen LogP contribution in [0.4, 0.5) is 5.69 Å². The molecule has 1 amide bonds. The molecule has 2 heterocycles. The fourth-order valence-corrected chi connectivity index (χ4v) is 2.33. The molecule has 1 aromatic heterocycles. The maximum Gasteiger partial charge on any atom is 0.257 e. The number of aromatic amines is 1. The van der Waals surface area contributed by atoms with Gasteiger partial charge >= 0.3 is 0 Å². The molecular formula is C13H14N4O. The number of H-pyrrole nitrogens is 1. The van der Waals surface area contributed by atoms with Gasteiger partial charge in [-0.15, -0.1) is 0 Å². The Morgan fingerprint density at radius 2 is 2.33 bits per heavy atom. The number of nitrogens with two attached hydrogens (primary N) is 1. The Labute approximate surface area is 105 Å². The van der Waals surface area contributed by atoms with E-state index < -0.39 is 0 Å². The minimum atomic E-state index is -0.00217. The van der Waals surface area contributed by atoms with Crippen LogP contribution in [0.1, 0.15) is 21.5 Å². The predicted octanol–water partition coefficient (Wildman–Crippen LogP) is 1.19. The molecule has 0 saturated heterocycles. The number of nitrogens with zero attached hydrogens (tertiary/aromatic N) is 2. The van der Waals surface area contributed by atoms with E-state index in [1.54, 1.807) is 12.4 Å². The molecular weight excluding hydrogens is 228 g/mol. The van der Waals surface area contributed by atoms with E-state index in [2.05, 4.69) is 16.3 Å². The third kappa shape index (κ3) is 1.73. The van der Waals surface area contributed by atoms with Gasteiger partial charge in [-0.2, -0.15) is 5.10 Å². The SMILES string of the molecule is Nc1cccc2c1CN(C(=O)c1cn[nH]c1)CC2. The topological polar surface area (TPSA) is 75.0 Å². The lowest BCUT2D eigenvalue weighted by Gasteiger charge is -2.29. The number of nitrogen functional groups attached to an aromatic ring is 1. The van der Waals surface area contributed by atoms with Crippen LogP contribution in [-0.4, -0.2) is 27.5 Å². The van der Waals surface area contributed by atoms with E-state index in [9.17, 15) is 4.79 Å². The predicted molar refractivity (Wildman–Crippen MR) is 67.9 cm³/mol. The zero-order chi connectivity index (χ0) is 12.5. The summed E-state index contributed by atoms with van der Waals surface area (Å²) in [6.07, 6.45) is 4.02. The highest BCUT2D eigenvalue weighted by Gasteiger charge is 2.23. The van der Waals surface area contributed by atoms with Crippen LogP contribution in [0.5, 0.6) is 0 Å². The first-order chi connectivity index (χ1) is 8.75. The van der Waals surface area contributed by atoms with E-state index in [1.165, 1.54) is 5.56 Å². The van der Waals surface area contributed by atoms with Gasteiger partial charge in [0.2, 0.25) is 0 Å². The number of benzene rings is 1. The van der Waals surface area contributed by atoms with Crippen LogP contribution in [0.2, 0.25) is 0 Å². The van der Waals surface area contributed by atoms with Gasteiger partial charge in [-0.25, -0.2) is 0 Å². The van der Waals surface area contributed by atoms with Crippen LogP contribution in [0, 0.1) is 0 Å². The maximum atomic E-state index is 12.2. The lowest BCUT2D eigenvalue weighted by Crippen LogP contribution is -2.36. The lowest BCUT2D eigenvalue weighted by molar-refractivity contribution is 0.0735. The number of rotatable bonds is 1. The molecule has 1 aromatic carbocycles. The van der Waals surface area contributed by atoms with Gasteiger partial charge in [0.15, 0.2) is 0 Å². The summed E-state index contributed by atoms with van der Waals surface area (Å²) in [6, 6.07) is 5.91. The molecule has 1 aliphatic heterocycles. The zero-order valence-electron chi connectivity index (χ0n) is 9.89. The van der Waals surface area contributed by atoms with Crippen molar-refractivity contribution in [1.29, 1.82) is 0 Å². The van der Waals surface area contributed by atoms with Gasteiger partial charge < -0.3 is 10.6 Å². The number of amides is 1. The van der Waals surface area contributed by atoms with Crippen molar-refractivity contribution in [3.63, 3.8) is 0 Å². The molecule has 92 valence electrons. The molecule has 5 nitrogen and oxygen atoms in total. The number of anilines is 1. The number of hydrogen-bond donors (Lipinski definition) is 2. The fourth-order valence-electron chi connectivity index (χ4n) is 2.33. The Kier molecular flexibility index (Phi) is 2.51. The van der Waals surface area contributed by atoms with E-state index in [1.807, 2.05) is 17.0 Å². The Morgan fingerprint density at radius 3 is 3.11 bits per heavy atom. The highest BCUT2D eigenvalue weighted by Crippen LogP contribution is 2.25. The number of aromatic nitrogens is 2. The second-order valence-corrected chi connectivity index (χ2v) is 4.45. The van der Waals surface area contributed by atoms with Crippen LogP contribution in [-0.2, 0) is 13.0 Å². The highest BCUT2D eigenvalue weighted by atomic mass is 16.2. The highest BCUT2D eigenvalue weighted by molar-refractivity contribution is 5.93. The Balaban J connectivity index is 1.87. The maximum absolute atomic E-state index is 12.2. The molecule has 0 unspecified atom stereocenters. The van der Waals surface area contributed by atoms with E-state index in [4.69, 9.17) is 5.73 Å². The first-order valence-corrected chi connectivity index (χ1v) is 5.90. The van der Waals surface area contributed by atoms with Crippen LogP contribution in [0.3, 0.4) is 0 Å². The van der Waals surface area contributed by atoms with Crippen molar-refractivity contribution < 1.29 is 4.79 Å². The number of fused-ring (bicyclic) bond motifs is 1. The molecule has 0 radical (unpaired) electrons. The standard InChI is InChI=1S/C13H14N4O/c14-12-3-1-2-9-4-5-17(8-11(9)12)13(18)10-6-15-16-7-10/h1-3,6-7H,4-5,8,14H2,(H,15,16). The number of hydrogen-bond acceptors (Lipinski definition) is 3. The molecule has 0 atom stereocenters. The summed E-state index contributed by atoms with van der Waals surface area (Å²) >= 11 is 0. The number of carbonyl (C=O) groups excluding carboxylic acids is 1. The molecule has 3 N–H and O–H groups in total. The van der Waals surface area contributed by atoms with Gasteiger partial charge in [0.05, 0.1) is 11.8 Å². The fraction of sp³-hybridized carbons (Fsp3) is 0.231. The van der Waals surface area contributed by atoms with Crippen LogP contribution in [0.15, 0.2) is 30.6 Å². The average Bonchev–Trinajstić information content (AvgIpc) is 2.92. The summed E-state index contributed by atoms with van der Waals surface area (Å²) in [4.78, 5) is 14.0. The molecule has 18 heavy (non-hydrogen) atoms. The summed E-state index contributed by atoms with van der Waals surface area (Å²) in [5.74, 6) is -0.00217. The van der Waals surface area contributed by atoms with E-state index in [-0.39, 0.29) is 5.91 Å². The van der Waals surface area contributed by atoms with Crippen molar-refractivity contribution in [2.24, 2.45) is 0 Å². The minimum Gasteiger partial charge on any atom is -0.398 e. The van der Waals surface area contributed by atoms with Crippen molar-refractivity contribution in [2.75, 3.05) is 12.3 Å². The Bertz CT molecular complexity index is 577. The molecule has 2 aromatic rings. The van der Waals surface area contributed by atoms with Crippen molar-refractivity contribution in [1.82, 2.24) is 15.1 Å². The molecule has 0 spiro atoms. The normalized spacial score (nSPS) is 14.3. The Hall–Kier alpha value is -2.30. The van der Waals surface area contributed by atoms with Crippen LogP contribution >= 0.6 is 0 Å². The van der Waals surface area contributed by atoms with E-state index in [0.29, 0.717) is 12.1 Å². The van der Waals surface area contributed by atoms with Gasteiger partial charge in [-0.1, -0.05) is 12.1 Å². The van der Waals surface area contributed by atoms with E-state index >= 15 is 0 Å². The first kappa shape index (κ1) is 10.8. The molecule has 0 bridgehead atoms. The third-order valence-corrected chi connectivity index (χ3v) is 3.34. The van der Waals surface area contributed by atoms with Gasteiger partial charge in [0.1, 0.15) is 0 Å². The lowest BCUT2D eigenvalue weighted by atomic mass is 9.98. The van der Waals surface area contributed by atoms with Gasteiger partial charge in [-0.05, 0) is 23.6 Å². The second-order valence-electron chi connectivity index (χ2n) is 4.45. The van der Waals surface area contributed by atoms with Crippen molar-refractivity contribution in [2.45, 2.75) is 13.0 Å². The monoisotopic (exact) mass is 242 g/mol. The average molecular weight is 242 g/mol. The second kappa shape index (κ2) is 4.18. The van der Waals surface area contributed by atoms with Gasteiger partial charge in [0.25, 0.3) is 5.91 Å². The Morgan fingerprint density at radius 1 is 1.44 bits per heavy atom. The van der Waals surface area contributed by atoms with E-state index in [0.717, 1.165) is 24.2 Å². The first-order valence-electron chi connectivity index (χ1n) is 5.90. The quantitative estimate of drug-likeness (QED) is 0.737. The largest absolute Gasteiger partial charge is 0.398 e. The molecule has 0 fully saturated rings. The number of carbonyl (C=O) groups is 1. The molecule has 5 heteroatoms. The van der Waals surface area contributed by atoms with Crippen LogP contribution in [0.25, 0.3) is 0 Å².